The van der Waals surface area contributed by atoms with Crippen molar-refractivity contribution in [3.05, 3.63) is 29.6 Å². The maximum absolute atomic E-state index is 12.7. The van der Waals surface area contributed by atoms with Gasteiger partial charge in [0.1, 0.15) is 11.6 Å². The van der Waals surface area contributed by atoms with Gasteiger partial charge in [-0.1, -0.05) is 15.9 Å². The molecule has 1 nitrogen and oxygen atoms in total. The number of rotatable bonds is 3. The van der Waals surface area contributed by atoms with Crippen LogP contribution in [0.4, 0.5) is 4.39 Å². The summed E-state index contributed by atoms with van der Waals surface area (Å²) >= 11 is 7.17. The first-order chi connectivity index (χ1) is 6.13. The Kier molecular flexibility index (Phi) is 3.93. The van der Waals surface area contributed by atoms with Crippen LogP contribution in [0.5, 0.6) is 0 Å². The third kappa shape index (κ3) is 3.12. The van der Waals surface area contributed by atoms with Crippen molar-refractivity contribution in [2.24, 2.45) is 0 Å². The lowest BCUT2D eigenvalue weighted by Gasteiger charge is -2.02. The molecule has 0 fully saturated rings. The first-order valence-electron chi connectivity index (χ1n) is 3.68. The molecule has 0 saturated heterocycles. The molecule has 0 radical (unpaired) electrons. The SMILES string of the molecule is O=C(CBr)Cc1cc(F)ccc1S. The van der Waals surface area contributed by atoms with Gasteiger partial charge in [-0.05, 0) is 23.8 Å². The van der Waals surface area contributed by atoms with Crippen molar-refractivity contribution < 1.29 is 9.18 Å². The van der Waals surface area contributed by atoms with Crippen LogP contribution in [0.25, 0.3) is 0 Å². The van der Waals surface area contributed by atoms with E-state index in [-0.39, 0.29) is 23.4 Å². The fourth-order valence-electron chi connectivity index (χ4n) is 0.955. The van der Waals surface area contributed by atoms with Gasteiger partial charge >= 0.3 is 0 Å². The van der Waals surface area contributed by atoms with E-state index in [4.69, 9.17) is 0 Å². The van der Waals surface area contributed by atoms with Gasteiger partial charge in [-0.2, -0.15) is 0 Å². The van der Waals surface area contributed by atoms with Gasteiger partial charge in [0.15, 0.2) is 0 Å². The van der Waals surface area contributed by atoms with E-state index in [0.717, 1.165) is 0 Å². The van der Waals surface area contributed by atoms with Crippen LogP contribution < -0.4 is 0 Å². The van der Waals surface area contributed by atoms with E-state index in [1.165, 1.54) is 12.1 Å². The average Bonchev–Trinajstić information content (AvgIpc) is 2.11. The molecule has 70 valence electrons. The van der Waals surface area contributed by atoms with Crippen molar-refractivity contribution >= 4 is 34.3 Å². The molecular weight excluding hydrogens is 255 g/mol. The molecule has 1 rings (SSSR count). The van der Waals surface area contributed by atoms with Crippen LogP contribution in [0.3, 0.4) is 0 Å². The van der Waals surface area contributed by atoms with Gasteiger partial charge in [-0.15, -0.1) is 12.6 Å². The van der Waals surface area contributed by atoms with Gasteiger partial charge in [-0.3, -0.25) is 4.79 Å². The minimum absolute atomic E-state index is 0.0147. The highest BCUT2D eigenvalue weighted by molar-refractivity contribution is 9.09. The van der Waals surface area contributed by atoms with E-state index in [1.54, 1.807) is 6.07 Å². The summed E-state index contributed by atoms with van der Waals surface area (Å²) in [5.74, 6) is -0.323. The van der Waals surface area contributed by atoms with Gasteiger partial charge in [0.2, 0.25) is 0 Å². The van der Waals surface area contributed by atoms with Crippen molar-refractivity contribution in [1.82, 2.24) is 0 Å². The lowest BCUT2D eigenvalue weighted by molar-refractivity contribution is -0.115. The van der Waals surface area contributed by atoms with E-state index in [1.807, 2.05) is 0 Å². The Labute approximate surface area is 89.9 Å². The highest BCUT2D eigenvalue weighted by Gasteiger charge is 2.05. The van der Waals surface area contributed by atoms with E-state index in [0.29, 0.717) is 10.5 Å². The number of Topliss-reactive ketones (excluding diaryl/α,β-unsaturated/α-hetero) is 1. The predicted molar refractivity (Wildman–Crippen MR) is 56.2 cm³/mol. The minimum Gasteiger partial charge on any atom is -0.298 e. The lowest BCUT2D eigenvalue weighted by atomic mass is 10.1. The molecule has 1 aromatic rings. The molecule has 0 spiro atoms. The molecule has 0 heterocycles. The molecule has 0 aliphatic heterocycles. The number of benzene rings is 1. The molecule has 0 atom stereocenters. The van der Waals surface area contributed by atoms with Crippen LogP contribution in [0.2, 0.25) is 0 Å². The predicted octanol–water partition coefficient (Wildman–Crippen LogP) is 2.62. The fourth-order valence-corrected chi connectivity index (χ4v) is 1.37. The molecule has 0 amide bonds. The monoisotopic (exact) mass is 262 g/mol. The summed E-state index contributed by atoms with van der Waals surface area (Å²) in [7, 11) is 0. The van der Waals surface area contributed by atoms with Gasteiger partial charge in [0.25, 0.3) is 0 Å². The van der Waals surface area contributed by atoms with Crippen LogP contribution in [-0.4, -0.2) is 11.1 Å². The number of carbonyl (C=O) groups excluding carboxylic acids is 1. The zero-order valence-corrected chi connectivity index (χ0v) is 9.24. The highest BCUT2D eigenvalue weighted by Crippen LogP contribution is 2.16. The van der Waals surface area contributed by atoms with Crippen molar-refractivity contribution in [2.45, 2.75) is 11.3 Å². The third-order valence-corrected chi connectivity index (χ3v) is 2.64. The molecule has 0 aliphatic rings. The molecule has 1 aromatic carbocycles. The van der Waals surface area contributed by atoms with E-state index in [2.05, 4.69) is 28.6 Å². The Morgan fingerprint density at radius 1 is 1.54 bits per heavy atom. The van der Waals surface area contributed by atoms with E-state index >= 15 is 0 Å². The Morgan fingerprint density at radius 2 is 2.23 bits per heavy atom. The van der Waals surface area contributed by atoms with Crippen molar-refractivity contribution in [2.75, 3.05) is 5.33 Å². The minimum atomic E-state index is -0.338. The zero-order valence-electron chi connectivity index (χ0n) is 6.76. The average molecular weight is 263 g/mol. The summed E-state index contributed by atoms with van der Waals surface area (Å²) in [5, 5.41) is 0.288. The van der Waals surface area contributed by atoms with E-state index in [9.17, 15) is 9.18 Å². The first-order valence-corrected chi connectivity index (χ1v) is 5.25. The van der Waals surface area contributed by atoms with Crippen LogP contribution >= 0.6 is 28.6 Å². The third-order valence-electron chi connectivity index (χ3n) is 1.58. The molecule has 0 bridgehead atoms. The van der Waals surface area contributed by atoms with Crippen molar-refractivity contribution in [1.29, 1.82) is 0 Å². The topological polar surface area (TPSA) is 17.1 Å². The highest BCUT2D eigenvalue weighted by atomic mass is 79.9. The largest absolute Gasteiger partial charge is 0.298 e. The number of carbonyl (C=O) groups is 1. The van der Waals surface area contributed by atoms with Gasteiger partial charge in [-0.25, -0.2) is 4.39 Å². The van der Waals surface area contributed by atoms with Crippen LogP contribution in [0.1, 0.15) is 5.56 Å². The molecule has 0 aliphatic carbocycles. The lowest BCUT2D eigenvalue weighted by Crippen LogP contribution is -2.04. The summed E-state index contributed by atoms with van der Waals surface area (Å²) in [6.45, 7) is 0. The Bertz CT molecular complexity index is 327. The maximum atomic E-state index is 12.7. The van der Waals surface area contributed by atoms with Gasteiger partial charge in [0.05, 0.1) is 5.33 Å². The first kappa shape index (κ1) is 10.7. The summed E-state index contributed by atoms with van der Waals surface area (Å²) in [5.41, 5.74) is 0.632. The second-order valence-corrected chi connectivity index (χ2v) is 3.66. The molecule has 0 unspecified atom stereocenters. The normalized spacial score (nSPS) is 10.1. The molecule has 13 heavy (non-hydrogen) atoms. The molecule has 0 aromatic heterocycles. The second kappa shape index (κ2) is 4.77. The Balaban J connectivity index is 2.87. The fraction of sp³-hybridized carbons (Fsp3) is 0.222. The number of hydrogen-bond acceptors (Lipinski definition) is 2. The molecule has 0 N–H and O–H groups in total. The van der Waals surface area contributed by atoms with Crippen LogP contribution in [0, 0.1) is 5.82 Å². The number of alkyl halides is 1. The molecule has 4 heteroatoms. The molecular formula is C9H8BrFOS. The van der Waals surface area contributed by atoms with Crippen LogP contribution in [-0.2, 0) is 11.2 Å². The van der Waals surface area contributed by atoms with E-state index < -0.39 is 0 Å². The second-order valence-electron chi connectivity index (χ2n) is 2.62. The Hall–Kier alpha value is -0.350. The number of halogens is 2. The molecule has 0 saturated carbocycles. The van der Waals surface area contributed by atoms with Gasteiger partial charge < -0.3 is 0 Å². The quantitative estimate of drug-likeness (QED) is 0.655. The zero-order chi connectivity index (χ0) is 9.84. The Morgan fingerprint density at radius 3 is 2.85 bits per heavy atom. The summed E-state index contributed by atoms with van der Waals surface area (Å²) < 4.78 is 12.7. The van der Waals surface area contributed by atoms with Crippen molar-refractivity contribution in [3.63, 3.8) is 0 Å². The standard InChI is InChI=1S/C9H8BrFOS/c10-5-8(12)4-6-3-7(11)1-2-9(6)13/h1-3,13H,4-5H2. The van der Waals surface area contributed by atoms with Gasteiger partial charge in [0, 0.05) is 11.3 Å². The number of ketones is 1. The summed E-state index contributed by atoms with van der Waals surface area (Å²) in [4.78, 5) is 11.7. The summed E-state index contributed by atoms with van der Waals surface area (Å²) in [6, 6.07) is 4.21. The van der Waals surface area contributed by atoms with Crippen LogP contribution in [0.15, 0.2) is 23.1 Å². The number of hydrogen-bond donors (Lipinski definition) is 1. The number of thiol groups is 1. The summed E-state index contributed by atoms with van der Waals surface area (Å²) in [6.07, 6.45) is 0.224. The van der Waals surface area contributed by atoms with Crippen molar-refractivity contribution in [3.8, 4) is 0 Å². The smallest absolute Gasteiger partial charge is 0.147 e. The maximum Gasteiger partial charge on any atom is 0.147 e.